The van der Waals surface area contributed by atoms with Crippen molar-refractivity contribution in [2.24, 2.45) is 5.92 Å². The minimum absolute atomic E-state index is 0.0264. The molecule has 1 saturated heterocycles. The number of amides is 1. The molecule has 0 bridgehead atoms. The molecule has 2 aromatic rings. The molecule has 1 aliphatic heterocycles. The van der Waals surface area contributed by atoms with E-state index in [-0.39, 0.29) is 5.56 Å². The van der Waals surface area contributed by atoms with Gasteiger partial charge in [0, 0.05) is 30.4 Å². The minimum atomic E-state index is -4.48. The second-order valence-corrected chi connectivity index (χ2v) is 7.13. The smallest absolute Gasteiger partial charge is 0.381 e. The fourth-order valence-corrected chi connectivity index (χ4v) is 3.57. The van der Waals surface area contributed by atoms with Gasteiger partial charge in [0.2, 0.25) is 0 Å². The van der Waals surface area contributed by atoms with Gasteiger partial charge in [-0.15, -0.1) is 0 Å². The molecule has 1 amide bonds. The summed E-state index contributed by atoms with van der Waals surface area (Å²) in [7, 11) is 0. The van der Waals surface area contributed by atoms with Gasteiger partial charge in [-0.2, -0.15) is 13.2 Å². The molecule has 0 aliphatic carbocycles. The Hall–Kier alpha value is -2.34. The number of hydrogen-bond acceptors (Lipinski definition) is 2. The van der Waals surface area contributed by atoms with Crippen LogP contribution in [-0.4, -0.2) is 19.1 Å². The van der Waals surface area contributed by atoms with Crippen LogP contribution in [0.4, 0.5) is 18.9 Å². The van der Waals surface area contributed by atoms with Crippen LogP contribution in [0.15, 0.2) is 42.5 Å². The SMILES string of the molecule is C[C](c1ccc(NC(=O)c2cccc(C(F)(F)F)c2)cc1C)C1CCOCC1. The van der Waals surface area contributed by atoms with E-state index in [0.29, 0.717) is 11.6 Å². The Balaban J connectivity index is 1.73. The van der Waals surface area contributed by atoms with E-state index < -0.39 is 17.6 Å². The summed E-state index contributed by atoms with van der Waals surface area (Å²) in [4.78, 5) is 12.4. The van der Waals surface area contributed by atoms with Gasteiger partial charge in [0.05, 0.1) is 5.56 Å². The highest BCUT2D eigenvalue weighted by atomic mass is 19.4. The van der Waals surface area contributed by atoms with E-state index in [2.05, 4.69) is 12.2 Å². The number of ether oxygens (including phenoxy) is 1. The molecule has 0 spiro atoms. The molecule has 3 rings (SSSR count). The summed E-state index contributed by atoms with van der Waals surface area (Å²) in [5, 5.41) is 2.69. The van der Waals surface area contributed by atoms with Gasteiger partial charge >= 0.3 is 6.18 Å². The van der Waals surface area contributed by atoms with E-state index in [1.807, 2.05) is 19.1 Å². The van der Waals surface area contributed by atoms with E-state index in [1.54, 1.807) is 6.07 Å². The van der Waals surface area contributed by atoms with E-state index in [9.17, 15) is 18.0 Å². The number of benzene rings is 2. The second kappa shape index (κ2) is 8.35. The molecule has 28 heavy (non-hydrogen) atoms. The van der Waals surface area contributed by atoms with Crippen LogP contribution in [0.1, 0.15) is 46.8 Å². The van der Waals surface area contributed by atoms with Gasteiger partial charge in [-0.25, -0.2) is 0 Å². The van der Waals surface area contributed by atoms with Gasteiger partial charge in [0.1, 0.15) is 0 Å². The lowest BCUT2D eigenvalue weighted by Gasteiger charge is -2.28. The first-order chi connectivity index (χ1) is 13.3. The van der Waals surface area contributed by atoms with Crippen molar-refractivity contribution in [1.82, 2.24) is 0 Å². The van der Waals surface area contributed by atoms with Crippen LogP contribution in [0.25, 0.3) is 0 Å². The van der Waals surface area contributed by atoms with Crippen LogP contribution >= 0.6 is 0 Å². The van der Waals surface area contributed by atoms with Crippen LogP contribution in [-0.2, 0) is 10.9 Å². The van der Waals surface area contributed by atoms with Crippen molar-refractivity contribution in [3.05, 3.63) is 70.6 Å². The molecule has 0 aromatic heterocycles. The standard InChI is InChI=1S/C22H23F3NO2/c1-14-12-19(6-7-20(14)15(2)16-8-10-28-11-9-16)26-21(27)17-4-3-5-18(13-17)22(23,24)25/h3-7,12-13,16H,8-11H2,1-2H3,(H,26,27). The molecule has 0 saturated carbocycles. The van der Waals surface area contributed by atoms with Gasteiger partial charge in [-0.3, -0.25) is 4.79 Å². The maximum Gasteiger partial charge on any atom is 0.416 e. The summed E-state index contributed by atoms with van der Waals surface area (Å²) in [5.41, 5.74) is 1.85. The molecule has 1 radical (unpaired) electrons. The highest BCUT2D eigenvalue weighted by molar-refractivity contribution is 6.04. The molecule has 0 atom stereocenters. The van der Waals surface area contributed by atoms with Gasteiger partial charge in [-0.05, 0) is 67.1 Å². The molecule has 2 aromatic carbocycles. The van der Waals surface area contributed by atoms with E-state index >= 15 is 0 Å². The van der Waals surface area contributed by atoms with Gasteiger partial charge in [0.15, 0.2) is 0 Å². The number of carbonyl (C=O) groups excluding carboxylic acids is 1. The molecule has 1 fully saturated rings. The zero-order valence-electron chi connectivity index (χ0n) is 15.9. The number of carbonyl (C=O) groups is 1. The normalized spacial score (nSPS) is 15.6. The predicted octanol–water partition coefficient (Wildman–Crippen LogP) is 5.64. The number of halogens is 3. The second-order valence-electron chi connectivity index (χ2n) is 7.13. The zero-order valence-corrected chi connectivity index (χ0v) is 15.9. The Morgan fingerprint density at radius 2 is 1.82 bits per heavy atom. The number of rotatable bonds is 4. The average Bonchev–Trinajstić information content (AvgIpc) is 2.68. The van der Waals surface area contributed by atoms with Gasteiger partial charge in [0.25, 0.3) is 5.91 Å². The molecule has 1 heterocycles. The van der Waals surface area contributed by atoms with Gasteiger partial charge < -0.3 is 10.1 Å². The fraction of sp³-hybridized carbons (Fsp3) is 0.364. The molecule has 0 unspecified atom stereocenters. The first-order valence-corrected chi connectivity index (χ1v) is 9.26. The maximum atomic E-state index is 12.8. The fourth-order valence-electron chi connectivity index (χ4n) is 3.57. The number of hydrogen-bond donors (Lipinski definition) is 1. The van der Waals surface area contributed by atoms with E-state index in [0.717, 1.165) is 49.3 Å². The quantitative estimate of drug-likeness (QED) is 0.734. The lowest BCUT2D eigenvalue weighted by atomic mass is 9.81. The summed E-state index contributed by atoms with van der Waals surface area (Å²) >= 11 is 0. The number of nitrogens with one attached hydrogen (secondary N) is 1. The van der Waals surface area contributed by atoms with Crippen LogP contribution in [0.2, 0.25) is 0 Å². The van der Waals surface area contributed by atoms with Crippen molar-refractivity contribution >= 4 is 11.6 Å². The Morgan fingerprint density at radius 1 is 1.11 bits per heavy atom. The third-order valence-electron chi connectivity index (χ3n) is 5.19. The largest absolute Gasteiger partial charge is 0.416 e. The third kappa shape index (κ3) is 4.73. The first kappa shape index (κ1) is 20.4. The Morgan fingerprint density at radius 3 is 2.46 bits per heavy atom. The minimum Gasteiger partial charge on any atom is -0.381 e. The van der Waals surface area contributed by atoms with Crippen LogP contribution < -0.4 is 5.32 Å². The van der Waals surface area contributed by atoms with Crippen molar-refractivity contribution in [1.29, 1.82) is 0 Å². The van der Waals surface area contributed by atoms with Crippen molar-refractivity contribution in [2.45, 2.75) is 32.9 Å². The van der Waals surface area contributed by atoms with E-state index in [1.165, 1.54) is 18.1 Å². The van der Waals surface area contributed by atoms with Crippen LogP contribution in [0.3, 0.4) is 0 Å². The first-order valence-electron chi connectivity index (χ1n) is 9.26. The van der Waals surface area contributed by atoms with E-state index in [4.69, 9.17) is 4.74 Å². The van der Waals surface area contributed by atoms with Crippen LogP contribution in [0.5, 0.6) is 0 Å². The molecule has 3 nitrogen and oxygen atoms in total. The van der Waals surface area contributed by atoms with Crippen LogP contribution in [0, 0.1) is 18.8 Å². The molecule has 149 valence electrons. The van der Waals surface area contributed by atoms with Crippen molar-refractivity contribution in [3.8, 4) is 0 Å². The van der Waals surface area contributed by atoms with Crippen molar-refractivity contribution in [2.75, 3.05) is 18.5 Å². The molecule has 6 heteroatoms. The average molecular weight is 390 g/mol. The Labute approximate surface area is 162 Å². The lowest BCUT2D eigenvalue weighted by Crippen LogP contribution is -2.21. The number of alkyl halides is 3. The number of anilines is 1. The Kier molecular flexibility index (Phi) is 6.08. The molecular formula is C22H23F3NO2. The third-order valence-corrected chi connectivity index (χ3v) is 5.19. The zero-order chi connectivity index (χ0) is 20.3. The maximum absolute atomic E-state index is 12.8. The molecule has 1 N–H and O–H groups in total. The highest BCUT2D eigenvalue weighted by Crippen LogP contribution is 2.33. The number of aryl methyl sites for hydroxylation is 1. The summed E-state index contributed by atoms with van der Waals surface area (Å²) in [6, 6.07) is 10.0. The molecular weight excluding hydrogens is 367 g/mol. The summed E-state index contributed by atoms with van der Waals surface area (Å²) in [6.45, 7) is 5.63. The molecule has 1 aliphatic rings. The summed E-state index contributed by atoms with van der Waals surface area (Å²) in [6.07, 6.45) is -2.48. The Bertz CT molecular complexity index is 842. The summed E-state index contributed by atoms with van der Waals surface area (Å²) < 4.78 is 43.9. The monoisotopic (exact) mass is 390 g/mol. The topological polar surface area (TPSA) is 38.3 Å². The lowest BCUT2D eigenvalue weighted by molar-refractivity contribution is -0.137. The predicted molar refractivity (Wildman–Crippen MR) is 102 cm³/mol. The summed E-state index contributed by atoms with van der Waals surface area (Å²) in [5.74, 6) is 1.22. The van der Waals surface area contributed by atoms with Gasteiger partial charge in [-0.1, -0.05) is 19.1 Å². The van der Waals surface area contributed by atoms with Crippen molar-refractivity contribution in [3.63, 3.8) is 0 Å². The van der Waals surface area contributed by atoms with Crippen molar-refractivity contribution < 1.29 is 22.7 Å². The highest BCUT2D eigenvalue weighted by Gasteiger charge is 2.31.